The third-order valence-electron chi connectivity index (χ3n) is 2.51. The van der Waals surface area contributed by atoms with E-state index in [0.29, 0.717) is 17.7 Å². The van der Waals surface area contributed by atoms with Crippen molar-refractivity contribution in [2.75, 3.05) is 10.6 Å². The van der Waals surface area contributed by atoms with Crippen molar-refractivity contribution in [2.24, 2.45) is 0 Å². The molecule has 20 heavy (non-hydrogen) atoms. The summed E-state index contributed by atoms with van der Waals surface area (Å²) in [6, 6.07) is 7.15. The topological polar surface area (TPSA) is 88.8 Å². The molecule has 0 aromatic carbocycles. The minimum absolute atomic E-state index is 0.366. The van der Waals surface area contributed by atoms with Gasteiger partial charge < -0.3 is 15.1 Å². The van der Waals surface area contributed by atoms with Gasteiger partial charge in [-0.05, 0) is 24.3 Å². The zero-order chi connectivity index (χ0) is 13.6. The summed E-state index contributed by atoms with van der Waals surface area (Å²) in [4.78, 5) is 16.5. The van der Waals surface area contributed by atoms with Crippen LogP contribution in [0.15, 0.2) is 59.7 Å². The second-order valence-corrected chi connectivity index (χ2v) is 3.88. The van der Waals surface area contributed by atoms with Crippen LogP contribution in [0, 0.1) is 0 Å². The minimum Gasteiger partial charge on any atom is -0.465 e. The van der Waals surface area contributed by atoms with Crippen LogP contribution in [-0.4, -0.2) is 19.9 Å². The van der Waals surface area contributed by atoms with Gasteiger partial charge in [0.05, 0.1) is 6.26 Å². The first-order valence-electron chi connectivity index (χ1n) is 6.02. The second kappa shape index (κ2) is 5.79. The van der Waals surface area contributed by atoms with Crippen LogP contribution in [0.4, 0.5) is 11.9 Å². The molecule has 0 radical (unpaired) electrons. The highest BCUT2D eigenvalue weighted by Crippen LogP contribution is 2.18. The molecule has 7 heteroatoms. The molecule has 0 bridgehead atoms. The van der Waals surface area contributed by atoms with Crippen molar-refractivity contribution in [3.8, 4) is 0 Å². The zero-order valence-electron chi connectivity index (χ0n) is 10.5. The number of anilines is 2. The van der Waals surface area contributed by atoms with Crippen LogP contribution in [0.5, 0.6) is 0 Å². The fourth-order valence-corrected chi connectivity index (χ4v) is 1.64. The predicted molar refractivity (Wildman–Crippen MR) is 72.8 cm³/mol. The van der Waals surface area contributed by atoms with Crippen molar-refractivity contribution in [1.82, 2.24) is 19.9 Å². The van der Waals surface area contributed by atoms with Gasteiger partial charge in [-0.1, -0.05) is 0 Å². The lowest BCUT2D eigenvalue weighted by Crippen LogP contribution is -2.21. The van der Waals surface area contributed by atoms with Gasteiger partial charge in [-0.15, -0.1) is 0 Å². The Hall–Kier alpha value is -2.96. The van der Waals surface area contributed by atoms with Gasteiger partial charge in [-0.2, -0.15) is 0 Å². The summed E-state index contributed by atoms with van der Waals surface area (Å²) >= 11 is 0. The predicted octanol–water partition coefficient (Wildman–Crippen LogP) is 2.08. The molecule has 100 valence electrons. The van der Waals surface area contributed by atoms with Gasteiger partial charge in [0.2, 0.25) is 11.9 Å². The minimum atomic E-state index is -0.366. The van der Waals surface area contributed by atoms with E-state index in [0.717, 1.165) is 0 Å². The lowest BCUT2D eigenvalue weighted by molar-refractivity contribution is 0.492. The van der Waals surface area contributed by atoms with Crippen molar-refractivity contribution in [3.63, 3.8) is 0 Å². The summed E-state index contributed by atoms with van der Waals surface area (Å²) < 4.78 is 5.40. The van der Waals surface area contributed by atoms with E-state index in [2.05, 4.69) is 30.6 Å². The van der Waals surface area contributed by atoms with Crippen molar-refractivity contribution >= 4 is 11.9 Å². The Morgan fingerprint density at radius 3 is 1.80 bits per heavy atom. The standard InChI is InChI=1S/C13H12N6O/c1-4-10(20-9-1)11(18-12-14-5-2-6-15-12)19-13-16-7-3-8-17-13/h1-9,11H,(H,14,15,18)(H,16,17,19). The Bertz CT molecular complexity index is 587. The van der Waals surface area contributed by atoms with Crippen LogP contribution in [0.1, 0.15) is 11.9 Å². The third kappa shape index (κ3) is 2.89. The number of nitrogens with zero attached hydrogens (tertiary/aromatic N) is 4. The Morgan fingerprint density at radius 2 is 1.35 bits per heavy atom. The van der Waals surface area contributed by atoms with Crippen LogP contribution >= 0.6 is 0 Å². The molecule has 0 unspecified atom stereocenters. The van der Waals surface area contributed by atoms with E-state index >= 15 is 0 Å². The number of furan rings is 1. The molecular weight excluding hydrogens is 256 g/mol. The Morgan fingerprint density at radius 1 is 0.800 bits per heavy atom. The van der Waals surface area contributed by atoms with Crippen LogP contribution in [0.2, 0.25) is 0 Å². The Balaban J connectivity index is 1.81. The SMILES string of the molecule is c1cnc(NC(Nc2ncccn2)c2ccco2)nc1. The van der Waals surface area contributed by atoms with Gasteiger partial charge >= 0.3 is 0 Å². The normalized spacial score (nSPS) is 10.4. The Kier molecular flexibility index (Phi) is 3.50. The van der Waals surface area contributed by atoms with E-state index in [9.17, 15) is 0 Å². The molecule has 0 aliphatic carbocycles. The number of aromatic nitrogens is 4. The van der Waals surface area contributed by atoms with E-state index in [1.807, 2.05) is 12.1 Å². The van der Waals surface area contributed by atoms with E-state index in [1.165, 1.54) is 0 Å². The highest BCUT2D eigenvalue weighted by molar-refractivity contribution is 5.35. The molecule has 2 N–H and O–H groups in total. The average Bonchev–Trinajstić information content (AvgIpc) is 3.03. The van der Waals surface area contributed by atoms with Gasteiger partial charge in [0.15, 0.2) is 6.17 Å². The number of hydrogen-bond acceptors (Lipinski definition) is 7. The average molecular weight is 268 g/mol. The molecule has 0 fully saturated rings. The fraction of sp³-hybridized carbons (Fsp3) is 0.0769. The van der Waals surface area contributed by atoms with E-state index < -0.39 is 0 Å². The lowest BCUT2D eigenvalue weighted by Gasteiger charge is -2.17. The molecular formula is C13H12N6O. The number of hydrogen-bond donors (Lipinski definition) is 2. The molecule has 0 spiro atoms. The first kappa shape index (κ1) is 12.1. The van der Waals surface area contributed by atoms with Crippen LogP contribution < -0.4 is 10.6 Å². The zero-order valence-corrected chi connectivity index (χ0v) is 10.5. The molecule has 3 heterocycles. The summed E-state index contributed by atoms with van der Waals surface area (Å²) in [5.74, 6) is 1.65. The van der Waals surface area contributed by atoms with Gasteiger partial charge in [0, 0.05) is 24.8 Å². The quantitative estimate of drug-likeness (QED) is 0.685. The molecule has 0 amide bonds. The van der Waals surface area contributed by atoms with Crippen molar-refractivity contribution in [2.45, 2.75) is 6.17 Å². The first-order chi connectivity index (χ1) is 9.92. The second-order valence-electron chi connectivity index (χ2n) is 3.88. The number of nitrogens with one attached hydrogen (secondary N) is 2. The highest BCUT2D eigenvalue weighted by atomic mass is 16.3. The maximum atomic E-state index is 5.40. The van der Waals surface area contributed by atoms with Gasteiger partial charge in [0.25, 0.3) is 0 Å². The Labute approximate surface area is 115 Å². The highest BCUT2D eigenvalue weighted by Gasteiger charge is 2.16. The summed E-state index contributed by atoms with van der Waals surface area (Å²) in [5, 5.41) is 6.25. The third-order valence-corrected chi connectivity index (χ3v) is 2.51. The van der Waals surface area contributed by atoms with Crippen molar-refractivity contribution < 1.29 is 4.42 Å². The van der Waals surface area contributed by atoms with Crippen molar-refractivity contribution in [1.29, 1.82) is 0 Å². The largest absolute Gasteiger partial charge is 0.465 e. The fourth-order valence-electron chi connectivity index (χ4n) is 1.64. The maximum Gasteiger partial charge on any atom is 0.224 e. The summed E-state index contributed by atoms with van der Waals surface area (Å²) in [5.41, 5.74) is 0. The van der Waals surface area contributed by atoms with Crippen LogP contribution in [-0.2, 0) is 0 Å². The molecule has 3 rings (SSSR count). The summed E-state index contributed by atoms with van der Waals surface area (Å²) in [6.45, 7) is 0. The molecule has 0 aliphatic heterocycles. The van der Waals surface area contributed by atoms with Crippen molar-refractivity contribution in [3.05, 3.63) is 61.1 Å². The molecule has 0 atom stereocenters. The van der Waals surface area contributed by atoms with Gasteiger partial charge in [-0.25, -0.2) is 19.9 Å². The lowest BCUT2D eigenvalue weighted by atomic mass is 10.3. The summed E-state index contributed by atoms with van der Waals surface area (Å²) in [6.07, 6.45) is 7.88. The smallest absolute Gasteiger partial charge is 0.224 e. The molecule has 0 saturated carbocycles. The molecule has 3 aromatic heterocycles. The van der Waals surface area contributed by atoms with Crippen LogP contribution in [0.3, 0.4) is 0 Å². The van der Waals surface area contributed by atoms with Gasteiger partial charge in [-0.3, -0.25) is 0 Å². The number of rotatable bonds is 5. The monoisotopic (exact) mass is 268 g/mol. The van der Waals surface area contributed by atoms with E-state index in [-0.39, 0.29) is 6.17 Å². The maximum absolute atomic E-state index is 5.40. The van der Waals surface area contributed by atoms with Crippen LogP contribution in [0.25, 0.3) is 0 Å². The molecule has 0 aliphatic rings. The molecule has 0 saturated heterocycles. The van der Waals surface area contributed by atoms with E-state index in [1.54, 1.807) is 43.2 Å². The summed E-state index contributed by atoms with van der Waals surface area (Å²) in [7, 11) is 0. The van der Waals surface area contributed by atoms with E-state index in [4.69, 9.17) is 4.42 Å². The molecule has 3 aromatic rings. The van der Waals surface area contributed by atoms with Gasteiger partial charge in [0.1, 0.15) is 5.76 Å². The first-order valence-corrected chi connectivity index (χ1v) is 6.02. The molecule has 7 nitrogen and oxygen atoms in total.